The van der Waals surface area contributed by atoms with Crippen molar-refractivity contribution >= 4 is 33.9 Å². The highest BCUT2D eigenvalue weighted by Crippen LogP contribution is 2.24. The van der Waals surface area contributed by atoms with Gasteiger partial charge in [-0.2, -0.15) is 0 Å². The zero-order chi connectivity index (χ0) is 12.8. The van der Waals surface area contributed by atoms with Crippen molar-refractivity contribution in [2.45, 2.75) is 19.8 Å². The van der Waals surface area contributed by atoms with E-state index in [1.165, 1.54) is 3.57 Å². The molecule has 1 aromatic heterocycles. The third-order valence-corrected chi connectivity index (χ3v) is 4.30. The molecule has 0 radical (unpaired) electrons. The Kier molecular flexibility index (Phi) is 5.52. The van der Waals surface area contributed by atoms with Crippen LogP contribution in [0.1, 0.15) is 18.4 Å². The number of hydrogen-bond donors (Lipinski definition) is 1. The van der Waals surface area contributed by atoms with Gasteiger partial charge in [-0.25, -0.2) is 0 Å². The quantitative estimate of drug-likeness (QED) is 0.624. The standard InChI is InChI=1S/C13H16IN3S/c1-2-15-9-3-4-12-16-17-13(18-12)10-5-7-11(14)8-6-10/h5-8,15H,2-4,9H2,1H3. The van der Waals surface area contributed by atoms with Crippen LogP contribution in [0, 0.1) is 3.57 Å². The fourth-order valence-corrected chi connectivity index (χ4v) is 2.85. The van der Waals surface area contributed by atoms with Crippen molar-refractivity contribution in [3.8, 4) is 10.6 Å². The van der Waals surface area contributed by atoms with E-state index in [0.29, 0.717) is 0 Å². The van der Waals surface area contributed by atoms with Crippen molar-refractivity contribution in [1.29, 1.82) is 0 Å². The van der Waals surface area contributed by atoms with E-state index < -0.39 is 0 Å². The van der Waals surface area contributed by atoms with E-state index in [9.17, 15) is 0 Å². The number of nitrogens with one attached hydrogen (secondary N) is 1. The summed E-state index contributed by atoms with van der Waals surface area (Å²) in [5.74, 6) is 0. The number of hydrogen-bond acceptors (Lipinski definition) is 4. The molecule has 96 valence electrons. The van der Waals surface area contributed by atoms with E-state index in [4.69, 9.17) is 0 Å². The molecule has 0 aliphatic rings. The Labute approximate surface area is 125 Å². The lowest BCUT2D eigenvalue weighted by atomic mass is 10.2. The normalized spacial score (nSPS) is 10.8. The minimum absolute atomic E-state index is 1.01. The molecule has 0 atom stereocenters. The minimum atomic E-state index is 1.01. The molecule has 0 fully saturated rings. The molecule has 1 heterocycles. The van der Waals surface area contributed by atoms with Crippen LogP contribution in [-0.4, -0.2) is 23.3 Å². The number of rotatable bonds is 6. The van der Waals surface area contributed by atoms with Gasteiger partial charge in [0.25, 0.3) is 0 Å². The minimum Gasteiger partial charge on any atom is -0.317 e. The molecule has 0 aliphatic carbocycles. The lowest BCUT2D eigenvalue weighted by Crippen LogP contribution is -2.14. The fourth-order valence-electron chi connectivity index (χ4n) is 1.61. The summed E-state index contributed by atoms with van der Waals surface area (Å²) < 4.78 is 1.24. The Morgan fingerprint density at radius 3 is 2.72 bits per heavy atom. The molecule has 1 N–H and O–H groups in total. The van der Waals surface area contributed by atoms with E-state index in [-0.39, 0.29) is 0 Å². The maximum absolute atomic E-state index is 4.26. The van der Waals surface area contributed by atoms with Gasteiger partial charge >= 0.3 is 0 Å². The number of aromatic nitrogens is 2. The second-order valence-electron chi connectivity index (χ2n) is 3.96. The first kappa shape index (κ1) is 13.9. The second kappa shape index (κ2) is 7.16. The van der Waals surface area contributed by atoms with Gasteiger partial charge in [-0.15, -0.1) is 10.2 Å². The summed E-state index contributed by atoms with van der Waals surface area (Å²) in [5, 5.41) is 14.0. The van der Waals surface area contributed by atoms with E-state index in [1.54, 1.807) is 11.3 Å². The first-order valence-corrected chi connectivity index (χ1v) is 7.98. The maximum Gasteiger partial charge on any atom is 0.147 e. The van der Waals surface area contributed by atoms with Crippen molar-refractivity contribution in [3.05, 3.63) is 32.8 Å². The molecule has 0 amide bonds. The van der Waals surface area contributed by atoms with Gasteiger partial charge in [0.2, 0.25) is 0 Å². The number of aryl methyl sites for hydroxylation is 1. The molecular formula is C13H16IN3S. The smallest absolute Gasteiger partial charge is 0.147 e. The SMILES string of the molecule is CCNCCCc1nnc(-c2ccc(I)cc2)s1. The zero-order valence-electron chi connectivity index (χ0n) is 10.3. The Morgan fingerprint density at radius 2 is 2.00 bits per heavy atom. The monoisotopic (exact) mass is 373 g/mol. The Morgan fingerprint density at radius 1 is 1.22 bits per heavy atom. The molecule has 18 heavy (non-hydrogen) atoms. The second-order valence-corrected chi connectivity index (χ2v) is 6.27. The molecule has 0 aliphatic heterocycles. The molecule has 0 bridgehead atoms. The third-order valence-electron chi connectivity index (χ3n) is 2.55. The summed E-state index contributed by atoms with van der Waals surface area (Å²) in [6, 6.07) is 8.40. The lowest BCUT2D eigenvalue weighted by molar-refractivity contribution is 0.669. The van der Waals surface area contributed by atoms with Crippen LogP contribution in [0.4, 0.5) is 0 Å². The number of halogens is 1. The van der Waals surface area contributed by atoms with E-state index in [0.717, 1.165) is 41.5 Å². The first-order chi connectivity index (χ1) is 8.79. The predicted octanol–water partition coefficient (Wildman–Crippen LogP) is 3.35. The van der Waals surface area contributed by atoms with Crippen LogP contribution < -0.4 is 5.32 Å². The van der Waals surface area contributed by atoms with E-state index in [2.05, 4.69) is 69.3 Å². The largest absolute Gasteiger partial charge is 0.317 e. The average molecular weight is 373 g/mol. The molecule has 5 heteroatoms. The van der Waals surface area contributed by atoms with Gasteiger partial charge in [0.1, 0.15) is 10.0 Å². The zero-order valence-corrected chi connectivity index (χ0v) is 13.3. The topological polar surface area (TPSA) is 37.8 Å². The highest BCUT2D eigenvalue weighted by Gasteiger charge is 2.06. The van der Waals surface area contributed by atoms with E-state index in [1.807, 2.05) is 0 Å². The van der Waals surface area contributed by atoms with Crippen LogP contribution in [0.3, 0.4) is 0 Å². The van der Waals surface area contributed by atoms with E-state index >= 15 is 0 Å². The molecule has 0 spiro atoms. The van der Waals surface area contributed by atoms with Gasteiger partial charge in [-0.3, -0.25) is 0 Å². The Hall–Kier alpha value is -0.530. The van der Waals surface area contributed by atoms with Crippen LogP contribution in [-0.2, 0) is 6.42 Å². The van der Waals surface area contributed by atoms with Crippen molar-refractivity contribution in [1.82, 2.24) is 15.5 Å². The van der Waals surface area contributed by atoms with Gasteiger partial charge < -0.3 is 5.32 Å². The summed E-state index contributed by atoms with van der Waals surface area (Å²) in [4.78, 5) is 0. The summed E-state index contributed by atoms with van der Waals surface area (Å²) in [6.07, 6.45) is 2.13. The molecule has 2 rings (SSSR count). The van der Waals surface area contributed by atoms with Crippen LogP contribution in [0.5, 0.6) is 0 Å². The summed E-state index contributed by atoms with van der Waals surface area (Å²) in [5.41, 5.74) is 1.16. The first-order valence-electron chi connectivity index (χ1n) is 6.08. The van der Waals surface area contributed by atoms with Crippen LogP contribution in [0.2, 0.25) is 0 Å². The molecular weight excluding hydrogens is 357 g/mol. The molecule has 0 unspecified atom stereocenters. The Balaban J connectivity index is 1.95. The molecule has 3 nitrogen and oxygen atoms in total. The van der Waals surface area contributed by atoms with Gasteiger partial charge in [0.15, 0.2) is 0 Å². The summed E-state index contributed by atoms with van der Waals surface area (Å²) in [7, 11) is 0. The van der Waals surface area contributed by atoms with Crippen LogP contribution in [0.25, 0.3) is 10.6 Å². The van der Waals surface area contributed by atoms with Crippen LogP contribution >= 0.6 is 33.9 Å². The number of nitrogens with zero attached hydrogens (tertiary/aromatic N) is 2. The maximum atomic E-state index is 4.26. The van der Waals surface area contributed by atoms with Crippen LogP contribution in [0.15, 0.2) is 24.3 Å². The summed E-state index contributed by atoms with van der Waals surface area (Å²) >= 11 is 4.00. The van der Waals surface area contributed by atoms with Gasteiger partial charge in [-0.05, 0) is 54.2 Å². The molecule has 1 aromatic carbocycles. The molecule has 0 saturated heterocycles. The summed E-state index contributed by atoms with van der Waals surface area (Å²) in [6.45, 7) is 4.21. The number of benzene rings is 1. The van der Waals surface area contributed by atoms with Crippen molar-refractivity contribution in [2.75, 3.05) is 13.1 Å². The highest BCUT2D eigenvalue weighted by atomic mass is 127. The lowest BCUT2D eigenvalue weighted by Gasteiger charge is -1.98. The van der Waals surface area contributed by atoms with Gasteiger partial charge in [0.05, 0.1) is 0 Å². The Bertz CT molecular complexity index is 481. The fraction of sp³-hybridized carbons (Fsp3) is 0.385. The average Bonchev–Trinajstić information content (AvgIpc) is 2.84. The molecule has 2 aromatic rings. The molecule has 0 saturated carbocycles. The van der Waals surface area contributed by atoms with Gasteiger partial charge in [0, 0.05) is 15.6 Å². The highest BCUT2D eigenvalue weighted by molar-refractivity contribution is 14.1. The van der Waals surface area contributed by atoms with Gasteiger partial charge in [-0.1, -0.05) is 30.4 Å². The third kappa shape index (κ3) is 4.00. The predicted molar refractivity (Wildman–Crippen MR) is 84.9 cm³/mol. The van der Waals surface area contributed by atoms with Crippen molar-refractivity contribution in [2.24, 2.45) is 0 Å². The van der Waals surface area contributed by atoms with Crippen molar-refractivity contribution in [3.63, 3.8) is 0 Å². The van der Waals surface area contributed by atoms with Crippen molar-refractivity contribution < 1.29 is 0 Å².